The van der Waals surface area contributed by atoms with E-state index in [1.165, 1.54) is 23.1 Å². The monoisotopic (exact) mass is 412 g/mol. The lowest BCUT2D eigenvalue weighted by molar-refractivity contribution is 0.0773. The molecule has 8 nitrogen and oxygen atoms in total. The average molecular weight is 412 g/mol. The molecule has 1 N–H and O–H groups in total. The molecule has 0 bridgehead atoms. The Bertz CT molecular complexity index is 1040. The van der Waals surface area contributed by atoms with Crippen molar-refractivity contribution in [1.82, 2.24) is 25.1 Å². The number of amides is 2. The molecule has 0 aliphatic carbocycles. The summed E-state index contributed by atoms with van der Waals surface area (Å²) >= 11 is 1.81. The first-order chi connectivity index (χ1) is 14.1. The van der Waals surface area contributed by atoms with Crippen LogP contribution in [0.15, 0.2) is 48.8 Å². The fraction of sp³-hybridized carbons (Fsp3) is 0.211. The van der Waals surface area contributed by atoms with Crippen LogP contribution in [0.1, 0.15) is 20.7 Å². The Morgan fingerprint density at radius 3 is 2.62 bits per heavy atom. The zero-order valence-corrected chi connectivity index (χ0v) is 16.1. The number of benzene rings is 2. The molecule has 2 heterocycles. The van der Waals surface area contributed by atoms with Crippen LogP contribution in [0.4, 0.5) is 10.1 Å². The third kappa shape index (κ3) is 4.11. The van der Waals surface area contributed by atoms with E-state index in [9.17, 15) is 14.0 Å². The minimum absolute atomic E-state index is 0.0499. The Kier molecular flexibility index (Phi) is 5.52. The van der Waals surface area contributed by atoms with Gasteiger partial charge < -0.3 is 10.2 Å². The fourth-order valence-electron chi connectivity index (χ4n) is 3.07. The molecule has 4 rings (SSSR count). The average Bonchev–Trinajstić information content (AvgIpc) is 3.29. The molecule has 0 radical (unpaired) electrons. The number of rotatable bonds is 4. The van der Waals surface area contributed by atoms with Crippen LogP contribution in [0.25, 0.3) is 5.69 Å². The molecule has 148 valence electrons. The quantitative estimate of drug-likeness (QED) is 0.707. The highest BCUT2D eigenvalue weighted by Gasteiger charge is 2.22. The highest BCUT2D eigenvalue weighted by molar-refractivity contribution is 7.99. The predicted octanol–water partition coefficient (Wildman–Crippen LogP) is 2.24. The summed E-state index contributed by atoms with van der Waals surface area (Å²) in [7, 11) is 0. The molecule has 1 saturated heterocycles. The van der Waals surface area contributed by atoms with Crippen molar-refractivity contribution in [2.45, 2.75) is 0 Å². The van der Waals surface area contributed by atoms with E-state index in [0.29, 0.717) is 30.0 Å². The maximum atomic E-state index is 13.8. The Labute approximate surface area is 170 Å². The van der Waals surface area contributed by atoms with E-state index in [2.05, 4.69) is 20.8 Å². The first-order valence-electron chi connectivity index (χ1n) is 8.94. The van der Waals surface area contributed by atoms with Crippen molar-refractivity contribution >= 4 is 29.3 Å². The lowest BCUT2D eigenvalue weighted by atomic mass is 10.1. The lowest BCUT2D eigenvalue weighted by Gasteiger charge is -2.27. The van der Waals surface area contributed by atoms with Crippen LogP contribution < -0.4 is 5.32 Å². The van der Waals surface area contributed by atoms with Crippen molar-refractivity contribution in [2.24, 2.45) is 0 Å². The molecule has 10 heteroatoms. The molecule has 0 atom stereocenters. The predicted molar refractivity (Wildman–Crippen MR) is 107 cm³/mol. The zero-order valence-electron chi connectivity index (χ0n) is 15.3. The number of nitrogens with zero attached hydrogens (tertiary/aromatic N) is 5. The van der Waals surface area contributed by atoms with E-state index in [1.54, 1.807) is 29.2 Å². The van der Waals surface area contributed by atoms with Gasteiger partial charge in [-0.15, -0.1) is 5.10 Å². The highest BCUT2D eigenvalue weighted by Crippen LogP contribution is 2.22. The second-order valence-corrected chi connectivity index (χ2v) is 7.54. The number of hydrogen-bond acceptors (Lipinski definition) is 6. The Morgan fingerprint density at radius 2 is 1.86 bits per heavy atom. The molecule has 0 spiro atoms. The first-order valence-corrected chi connectivity index (χ1v) is 10.1. The zero-order chi connectivity index (χ0) is 20.2. The van der Waals surface area contributed by atoms with Crippen LogP contribution in [0.2, 0.25) is 0 Å². The molecule has 0 saturated carbocycles. The number of hydrogen-bond donors (Lipinski definition) is 1. The van der Waals surface area contributed by atoms with Gasteiger partial charge in [0.05, 0.1) is 22.5 Å². The van der Waals surface area contributed by atoms with Gasteiger partial charge in [-0.1, -0.05) is 12.1 Å². The summed E-state index contributed by atoms with van der Waals surface area (Å²) in [6.45, 7) is 1.33. The van der Waals surface area contributed by atoms with Crippen molar-refractivity contribution in [3.05, 3.63) is 65.7 Å². The molecule has 2 amide bonds. The largest absolute Gasteiger partial charge is 0.337 e. The number of para-hydroxylation sites is 1. The van der Waals surface area contributed by atoms with Crippen molar-refractivity contribution in [3.8, 4) is 5.69 Å². The summed E-state index contributed by atoms with van der Waals surface area (Å²) < 4.78 is 15.1. The Hall–Kier alpha value is -3.27. The summed E-state index contributed by atoms with van der Waals surface area (Å²) in [4.78, 5) is 27.6. The number of halogens is 1. The van der Waals surface area contributed by atoms with Crippen LogP contribution in [0.5, 0.6) is 0 Å². The highest BCUT2D eigenvalue weighted by atomic mass is 32.2. The van der Waals surface area contributed by atoms with Gasteiger partial charge in [0, 0.05) is 24.6 Å². The minimum Gasteiger partial charge on any atom is -0.337 e. The van der Waals surface area contributed by atoms with Crippen molar-refractivity contribution in [1.29, 1.82) is 0 Å². The van der Waals surface area contributed by atoms with E-state index in [-0.39, 0.29) is 11.5 Å². The number of carbonyl (C=O) groups excluding carboxylic acids is 2. The SMILES string of the molecule is O=C(Nc1ccccc1C(=O)N1CCSCC1)c1cc(F)ccc1-n1cnnn1. The molecule has 1 aliphatic rings. The maximum Gasteiger partial charge on any atom is 0.257 e. The smallest absolute Gasteiger partial charge is 0.257 e. The standard InChI is InChI=1S/C19H17FN6O2S/c20-13-5-6-17(26-12-21-23-24-26)15(11-13)18(27)22-16-4-2-1-3-14(16)19(28)25-7-9-29-10-8-25/h1-6,11-12H,7-10H2,(H,22,27). The van der Waals surface area contributed by atoms with E-state index in [0.717, 1.165) is 17.6 Å². The summed E-state index contributed by atoms with van der Waals surface area (Å²) in [5, 5.41) is 13.6. The van der Waals surface area contributed by atoms with Gasteiger partial charge in [-0.2, -0.15) is 16.4 Å². The second kappa shape index (κ2) is 8.39. The van der Waals surface area contributed by atoms with Crippen LogP contribution in [0, 0.1) is 5.82 Å². The Morgan fingerprint density at radius 1 is 1.07 bits per heavy atom. The first kappa shape index (κ1) is 19.1. The Balaban J connectivity index is 1.63. The van der Waals surface area contributed by atoms with Gasteiger partial charge in [0.1, 0.15) is 12.1 Å². The molecule has 1 aromatic heterocycles. The van der Waals surface area contributed by atoms with E-state index in [1.807, 2.05) is 11.8 Å². The van der Waals surface area contributed by atoms with E-state index in [4.69, 9.17) is 0 Å². The van der Waals surface area contributed by atoms with Gasteiger partial charge >= 0.3 is 0 Å². The van der Waals surface area contributed by atoms with Crippen LogP contribution in [0.3, 0.4) is 0 Å². The van der Waals surface area contributed by atoms with Crippen molar-refractivity contribution < 1.29 is 14.0 Å². The van der Waals surface area contributed by atoms with Crippen LogP contribution in [-0.4, -0.2) is 61.5 Å². The molecule has 2 aromatic carbocycles. The topological polar surface area (TPSA) is 93.0 Å². The van der Waals surface area contributed by atoms with Crippen LogP contribution in [-0.2, 0) is 0 Å². The lowest BCUT2D eigenvalue weighted by Crippen LogP contribution is -2.38. The second-order valence-electron chi connectivity index (χ2n) is 6.32. The summed E-state index contributed by atoms with van der Waals surface area (Å²) in [6.07, 6.45) is 1.32. The third-order valence-electron chi connectivity index (χ3n) is 4.50. The van der Waals surface area contributed by atoms with Gasteiger partial charge in [-0.25, -0.2) is 4.39 Å². The summed E-state index contributed by atoms with van der Waals surface area (Å²) in [5.74, 6) is 0.505. The van der Waals surface area contributed by atoms with Crippen molar-refractivity contribution in [3.63, 3.8) is 0 Å². The minimum atomic E-state index is -0.567. The number of nitrogens with one attached hydrogen (secondary N) is 1. The summed E-state index contributed by atoms with van der Waals surface area (Å²) in [5.41, 5.74) is 1.14. The third-order valence-corrected chi connectivity index (χ3v) is 5.45. The summed E-state index contributed by atoms with van der Waals surface area (Å²) in [6, 6.07) is 10.6. The van der Waals surface area contributed by atoms with Gasteiger partial charge in [0.15, 0.2) is 0 Å². The van der Waals surface area contributed by atoms with E-state index < -0.39 is 11.7 Å². The molecule has 29 heavy (non-hydrogen) atoms. The number of aromatic nitrogens is 4. The normalized spacial score (nSPS) is 13.9. The molecule has 0 unspecified atom stereocenters. The van der Waals surface area contributed by atoms with Gasteiger partial charge in [-0.05, 0) is 40.8 Å². The van der Waals surface area contributed by atoms with E-state index >= 15 is 0 Å². The maximum absolute atomic E-state index is 13.8. The molecule has 1 fully saturated rings. The number of carbonyl (C=O) groups is 2. The molecular formula is C19H17FN6O2S. The molecule has 3 aromatic rings. The number of anilines is 1. The van der Waals surface area contributed by atoms with Crippen LogP contribution >= 0.6 is 11.8 Å². The molecular weight excluding hydrogens is 395 g/mol. The van der Waals surface area contributed by atoms with Gasteiger partial charge in [0.2, 0.25) is 0 Å². The van der Waals surface area contributed by atoms with Gasteiger partial charge in [-0.3, -0.25) is 9.59 Å². The van der Waals surface area contributed by atoms with Crippen molar-refractivity contribution in [2.75, 3.05) is 29.9 Å². The number of tetrazole rings is 1. The van der Waals surface area contributed by atoms with Gasteiger partial charge in [0.25, 0.3) is 11.8 Å². The fourth-order valence-corrected chi connectivity index (χ4v) is 3.97. The molecule has 1 aliphatic heterocycles. The number of thioether (sulfide) groups is 1.